The van der Waals surface area contributed by atoms with Crippen LogP contribution in [-0.4, -0.2) is 23.1 Å². The van der Waals surface area contributed by atoms with Crippen LogP contribution in [0.2, 0.25) is 0 Å². The van der Waals surface area contributed by atoms with E-state index in [0.717, 1.165) is 23.9 Å². The van der Waals surface area contributed by atoms with Crippen LogP contribution in [0.1, 0.15) is 53.0 Å². The second kappa shape index (κ2) is 7.62. The van der Waals surface area contributed by atoms with Gasteiger partial charge in [-0.15, -0.1) is 11.3 Å². The number of nitrogens with zero attached hydrogens (tertiary/aromatic N) is 1. The molecule has 1 aliphatic rings. The lowest BCUT2D eigenvalue weighted by Gasteiger charge is -2.35. The van der Waals surface area contributed by atoms with Crippen LogP contribution in [0.4, 0.5) is 0 Å². The predicted molar refractivity (Wildman–Crippen MR) is 100 cm³/mol. The molecule has 1 amide bonds. The highest BCUT2D eigenvalue weighted by molar-refractivity contribution is 9.10. The van der Waals surface area contributed by atoms with Crippen molar-refractivity contribution in [3.63, 3.8) is 0 Å². The minimum Gasteiger partial charge on any atom is -0.335 e. The summed E-state index contributed by atoms with van der Waals surface area (Å²) in [4.78, 5) is 28.3. The van der Waals surface area contributed by atoms with E-state index in [4.69, 9.17) is 0 Å². The first-order valence-electron chi connectivity index (χ1n) is 8.24. The summed E-state index contributed by atoms with van der Waals surface area (Å²) in [6.07, 6.45) is 2.39. The van der Waals surface area contributed by atoms with Crippen LogP contribution in [0.25, 0.3) is 0 Å². The van der Waals surface area contributed by atoms with Gasteiger partial charge in [0.25, 0.3) is 0 Å². The van der Waals surface area contributed by atoms with Crippen molar-refractivity contribution in [2.45, 2.75) is 38.6 Å². The van der Waals surface area contributed by atoms with Crippen LogP contribution >= 0.6 is 27.3 Å². The Labute approximate surface area is 154 Å². The van der Waals surface area contributed by atoms with E-state index in [9.17, 15) is 9.59 Å². The lowest BCUT2D eigenvalue weighted by atomic mass is 9.97. The molecule has 0 saturated carbocycles. The molecule has 3 rings (SSSR count). The SMILES string of the molecule is CC[C@@H]1c2ccsc2CCN1C(=O)CCC(=O)c1ccc(Br)cc1. The number of benzene rings is 1. The molecule has 0 bridgehead atoms. The monoisotopic (exact) mass is 405 g/mol. The molecule has 1 atom stereocenters. The number of amides is 1. The lowest BCUT2D eigenvalue weighted by Crippen LogP contribution is -2.39. The van der Waals surface area contributed by atoms with Crippen LogP contribution in [0, 0.1) is 0 Å². The molecule has 3 nitrogen and oxygen atoms in total. The molecule has 0 N–H and O–H groups in total. The van der Waals surface area contributed by atoms with E-state index >= 15 is 0 Å². The molecule has 0 fully saturated rings. The maximum absolute atomic E-state index is 12.7. The number of carbonyl (C=O) groups excluding carboxylic acids is 2. The largest absolute Gasteiger partial charge is 0.335 e. The Kier molecular flexibility index (Phi) is 5.51. The lowest BCUT2D eigenvalue weighted by molar-refractivity contribution is -0.134. The molecule has 2 aromatic rings. The zero-order valence-corrected chi connectivity index (χ0v) is 16.0. The Bertz CT molecular complexity index is 738. The van der Waals surface area contributed by atoms with Crippen molar-refractivity contribution in [3.8, 4) is 0 Å². The number of hydrogen-bond donors (Lipinski definition) is 0. The topological polar surface area (TPSA) is 37.4 Å². The van der Waals surface area contributed by atoms with E-state index in [1.165, 1.54) is 10.4 Å². The number of rotatable bonds is 5. The second-order valence-corrected chi connectivity index (χ2v) is 7.91. The van der Waals surface area contributed by atoms with Gasteiger partial charge in [-0.05, 0) is 42.0 Å². The quantitative estimate of drug-likeness (QED) is 0.655. The first-order valence-corrected chi connectivity index (χ1v) is 9.92. The third kappa shape index (κ3) is 3.62. The van der Waals surface area contributed by atoms with Gasteiger partial charge in [0.1, 0.15) is 0 Å². The van der Waals surface area contributed by atoms with Gasteiger partial charge in [-0.3, -0.25) is 9.59 Å². The third-order valence-corrected chi connectivity index (χ3v) is 6.06. The zero-order valence-electron chi connectivity index (χ0n) is 13.6. The van der Waals surface area contributed by atoms with Gasteiger partial charge in [-0.2, -0.15) is 0 Å². The Morgan fingerprint density at radius 3 is 2.67 bits per heavy atom. The normalized spacial score (nSPS) is 16.8. The molecular formula is C19H20BrNO2S. The molecule has 0 spiro atoms. The fraction of sp³-hybridized carbons (Fsp3) is 0.368. The number of carbonyl (C=O) groups is 2. The van der Waals surface area contributed by atoms with Gasteiger partial charge in [0.05, 0.1) is 6.04 Å². The molecule has 0 radical (unpaired) electrons. The van der Waals surface area contributed by atoms with E-state index in [2.05, 4.69) is 34.3 Å². The maximum Gasteiger partial charge on any atom is 0.223 e. The molecule has 0 saturated heterocycles. The van der Waals surface area contributed by atoms with E-state index in [1.807, 2.05) is 17.0 Å². The fourth-order valence-electron chi connectivity index (χ4n) is 3.28. The molecule has 1 aliphatic heterocycles. The number of fused-ring (bicyclic) bond motifs is 1. The summed E-state index contributed by atoms with van der Waals surface area (Å²) in [5.74, 6) is 0.112. The van der Waals surface area contributed by atoms with Crippen LogP contribution in [0.15, 0.2) is 40.2 Å². The van der Waals surface area contributed by atoms with Crippen molar-refractivity contribution in [1.82, 2.24) is 4.90 Å². The molecule has 1 aromatic heterocycles. The predicted octanol–water partition coefficient (Wildman–Crippen LogP) is 5.01. The summed E-state index contributed by atoms with van der Waals surface area (Å²) < 4.78 is 0.945. The first-order chi connectivity index (χ1) is 11.6. The fourth-order valence-corrected chi connectivity index (χ4v) is 4.47. The first kappa shape index (κ1) is 17.4. The van der Waals surface area contributed by atoms with E-state index in [1.54, 1.807) is 23.5 Å². The average Bonchev–Trinajstić information content (AvgIpc) is 3.07. The summed E-state index contributed by atoms with van der Waals surface area (Å²) in [5.41, 5.74) is 1.96. The van der Waals surface area contributed by atoms with Crippen molar-refractivity contribution in [2.75, 3.05) is 6.54 Å². The minimum atomic E-state index is 0.0251. The highest BCUT2D eigenvalue weighted by Gasteiger charge is 2.30. The van der Waals surface area contributed by atoms with Crippen molar-refractivity contribution in [1.29, 1.82) is 0 Å². The summed E-state index contributed by atoms with van der Waals surface area (Å²) >= 11 is 5.14. The van der Waals surface area contributed by atoms with Gasteiger partial charge in [-0.1, -0.05) is 35.0 Å². The molecular weight excluding hydrogens is 386 g/mol. The number of halogens is 1. The van der Waals surface area contributed by atoms with E-state index < -0.39 is 0 Å². The van der Waals surface area contributed by atoms with Gasteiger partial charge in [-0.25, -0.2) is 0 Å². The van der Waals surface area contributed by atoms with Crippen molar-refractivity contribution >= 4 is 39.0 Å². The molecule has 0 unspecified atom stereocenters. The minimum absolute atomic E-state index is 0.0251. The van der Waals surface area contributed by atoms with Crippen LogP contribution in [0.3, 0.4) is 0 Å². The van der Waals surface area contributed by atoms with Crippen molar-refractivity contribution in [2.24, 2.45) is 0 Å². The van der Waals surface area contributed by atoms with Crippen molar-refractivity contribution in [3.05, 3.63) is 56.2 Å². The smallest absolute Gasteiger partial charge is 0.223 e. The summed E-state index contributed by atoms with van der Waals surface area (Å²) in [5, 5.41) is 2.11. The van der Waals surface area contributed by atoms with Crippen LogP contribution in [0.5, 0.6) is 0 Å². The number of hydrogen-bond acceptors (Lipinski definition) is 3. The summed E-state index contributed by atoms with van der Waals surface area (Å²) in [7, 11) is 0. The molecule has 24 heavy (non-hydrogen) atoms. The second-order valence-electron chi connectivity index (χ2n) is 5.99. The molecule has 1 aromatic carbocycles. The van der Waals surface area contributed by atoms with Gasteiger partial charge in [0.2, 0.25) is 5.91 Å². The standard InChI is InChI=1S/C19H20BrNO2S/c1-2-16-15-10-12-24-18(15)9-11-21(16)19(23)8-7-17(22)13-3-5-14(20)6-4-13/h3-6,10,12,16H,2,7-9,11H2,1H3/t16-/m1/s1. The Balaban J connectivity index is 1.63. The number of thiophene rings is 1. The molecule has 2 heterocycles. The number of ketones is 1. The van der Waals surface area contributed by atoms with E-state index in [0.29, 0.717) is 5.56 Å². The maximum atomic E-state index is 12.7. The summed E-state index contributed by atoms with van der Waals surface area (Å²) in [6, 6.07) is 9.60. The molecule has 5 heteroatoms. The van der Waals surface area contributed by atoms with Gasteiger partial charge < -0.3 is 4.90 Å². The van der Waals surface area contributed by atoms with Gasteiger partial charge in [0.15, 0.2) is 5.78 Å². The third-order valence-electron chi connectivity index (χ3n) is 4.53. The van der Waals surface area contributed by atoms with E-state index in [-0.39, 0.29) is 30.6 Å². The van der Waals surface area contributed by atoms with Gasteiger partial charge >= 0.3 is 0 Å². The Morgan fingerprint density at radius 2 is 1.96 bits per heavy atom. The highest BCUT2D eigenvalue weighted by Crippen LogP contribution is 2.35. The number of Topliss-reactive ketones (excluding diaryl/α,β-unsaturated/α-hetero) is 1. The average molecular weight is 406 g/mol. The summed E-state index contributed by atoms with van der Waals surface area (Å²) in [6.45, 7) is 2.88. The Hall–Kier alpha value is -1.46. The molecule has 0 aliphatic carbocycles. The van der Waals surface area contributed by atoms with Gasteiger partial charge in [0, 0.05) is 34.3 Å². The van der Waals surface area contributed by atoms with Crippen LogP contribution < -0.4 is 0 Å². The highest BCUT2D eigenvalue weighted by atomic mass is 79.9. The van der Waals surface area contributed by atoms with Crippen LogP contribution in [-0.2, 0) is 11.2 Å². The van der Waals surface area contributed by atoms with Crippen molar-refractivity contribution < 1.29 is 9.59 Å². The zero-order chi connectivity index (χ0) is 17.1. The molecule has 126 valence electrons. The Morgan fingerprint density at radius 1 is 1.21 bits per heavy atom.